The Kier molecular flexibility index (Phi) is 5.12. The number of hydrogen-bond acceptors (Lipinski definition) is 2. The summed E-state index contributed by atoms with van der Waals surface area (Å²) in [6.07, 6.45) is 3.60. The molecular formula is C20H26N2. The number of benzene rings is 2. The van der Waals surface area contributed by atoms with Gasteiger partial charge in [0.1, 0.15) is 0 Å². The second-order valence-electron chi connectivity index (χ2n) is 6.20. The third-order valence-corrected chi connectivity index (χ3v) is 4.46. The standard InChI is InChI=1S/C20H26N2/c1-2-3-13-22-16-19(14-17-9-5-4-6-10-17)21-15-18-11-7-8-12-20(18)22/h4-12,19,21H,2-3,13-16H2,1H3. The maximum Gasteiger partial charge on any atom is 0.0412 e. The molecule has 3 rings (SSSR count). The molecule has 0 bridgehead atoms. The second kappa shape index (κ2) is 7.46. The summed E-state index contributed by atoms with van der Waals surface area (Å²) in [5.74, 6) is 0. The van der Waals surface area contributed by atoms with Crippen molar-refractivity contribution >= 4 is 5.69 Å². The Morgan fingerprint density at radius 3 is 2.64 bits per heavy atom. The fraction of sp³-hybridized carbons (Fsp3) is 0.400. The van der Waals surface area contributed by atoms with Gasteiger partial charge in [0.05, 0.1) is 0 Å². The highest BCUT2D eigenvalue weighted by molar-refractivity contribution is 5.54. The number of nitrogens with one attached hydrogen (secondary N) is 1. The zero-order valence-corrected chi connectivity index (χ0v) is 13.5. The van der Waals surface area contributed by atoms with Gasteiger partial charge in [-0.1, -0.05) is 61.9 Å². The molecule has 1 aliphatic rings. The SMILES string of the molecule is CCCCN1CC(Cc2ccccc2)NCc2ccccc21. The van der Waals surface area contributed by atoms with Crippen molar-refractivity contribution in [3.05, 3.63) is 65.7 Å². The Morgan fingerprint density at radius 2 is 1.82 bits per heavy atom. The second-order valence-corrected chi connectivity index (χ2v) is 6.20. The zero-order valence-electron chi connectivity index (χ0n) is 13.5. The lowest BCUT2D eigenvalue weighted by molar-refractivity contribution is 0.510. The third-order valence-electron chi connectivity index (χ3n) is 4.46. The third kappa shape index (κ3) is 3.69. The molecule has 1 unspecified atom stereocenters. The fourth-order valence-electron chi connectivity index (χ4n) is 3.25. The van der Waals surface area contributed by atoms with Crippen molar-refractivity contribution in [3.8, 4) is 0 Å². The molecule has 0 aliphatic carbocycles. The van der Waals surface area contributed by atoms with Crippen molar-refractivity contribution < 1.29 is 0 Å². The first-order valence-corrected chi connectivity index (χ1v) is 8.47. The molecule has 22 heavy (non-hydrogen) atoms. The average Bonchev–Trinajstić information content (AvgIpc) is 2.74. The Balaban J connectivity index is 1.76. The highest BCUT2D eigenvalue weighted by atomic mass is 15.2. The summed E-state index contributed by atoms with van der Waals surface area (Å²) in [5.41, 5.74) is 4.26. The van der Waals surface area contributed by atoms with E-state index in [-0.39, 0.29) is 0 Å². The van der Waals surface area contributed by atoms with E-state index in [1.807, 2.05) is 0 Å². The number of hydrogen-bond donors (Lipinski definition) is 1. The van der Waals surface area contributed by atoms with Gasteiger partial charge in [-0.25, -0.2) is 0 Å². The highest BCUT2D eigenvalue weighted by Crippen LogP contribution is 2.24. The van der Waals surface area contributed by atoms with E-state index in [0.29, 0.717) is 6.04 Å². The number of unbranched alkanes of at least 4 members (excludes halogenated alkanes) is 1. The molecule has 2 heteroatoms. The smallest absolute Gasteiger partial charge is 0.0412 e. The minimum Gasteiger partial charge on any atom is -0.370 e. The summed E-state index contributed by atoms with van der Waals surface area (Å²) in [6, 6.07) is 20.2. The molecule has 0 amide bonds. The summed E-state index contributed by atoms with van der Waals surface area (Å²) >= 11 is 0. The molecule has 0 saturated heterocycles. The molecule has 2 nitrogen and oxygen atoms in total. The fourth-order valence-corrected chi connectivity index (χ4v) is 3.25. The number of anilines is 1. The Bertz CT molecular complexity index is 579. The summed E-state index contributed by atoms with van der Waals surface area (Å²) in [6.45, 7) is 5.48. The van der Waals surface area contributed by atoms with Crippen LogP contribution in [0, 0.1) is 0 Å². The van der Waals surface area contributed by atoms with Crippen molar-refractivity contribution in [2.24, 2.45) is 0 Å². The lowest BCUT2D eigenvalue weighted by Crippen LogP contribution is -2.40. The maximum atomic E-state index is 3.75. The molecule has 2 aromatic carbocycles. The molecule has 1 aliphatic heterocycles. The summed E-state index contributed by atoms with van der Waals surface area (Å²) in [5, 5.41) is 3.75. The van der Waals surface area contributed by atoms with Crippen LogP contribution in [0.5, 0.6) is 0 Å². The Hall–Kier alpha value is -1.80. The van der Waals surface area contributed by atoms with Crippen LogP contribution in [-0.4, -0.2) is 19.1 Å². The van der Waals surface area contributed by atoms with Gasteiger partial charge in [0.15, 0.2) is 0 Å². The predicted molar refractivity (Wildman–Crippen MR) is 94.3 cm³/mol. The first kappa shape index (κ1) is 15.1. The first-order valence-electron chi connectivity index (χ1n) is 8.47. The number of rotatable bonds is 5. The summed E-state index contributed by atoms with van der Waals surface area (Å²) < 4.78 is 0. The van der Waals surface area contributed by atoms with E-state index in [2.05, 4.69) is 71.7 Å². The van der Waals surface area contributed by atoms with Crippen molar-refractivity contribution in [3.63, 3.8) is 0 Å². The number of fused-ring (bicyclic) bond motifs is 1. The molecule has 0 radical (unpaired) electrons. The lowest BCUT2D eigenvalue weighted by atomic mass is 10.1. The molecule has 1 N–H and O–H groups in total. The van der Waals surface area contributed by atoms with Crippen molar-refractivity contribution in [2.45, 2.75) is 38.8 Å². The molecule has 0 aromatic heterocycles. The van der Waals surface area contributed by atoms with E-state index in [1.165, 1.54) is 29.7 Å². The van der Waals surface area contributed by atoms with Crippen LogP contribution in [0.1, 0.15) is 30.9 Å². The van der Waals surface area contributed by atoms with Gasteiger partial charge in [-0.05, 0) is 30.0 Å². The van der Waals surface area contributed by atoms with Gasteiger partial charge in [0, 0.05) is 31.4 Å². The predicted octanol–water partition coefficient (Wildman–Crippen LogP) is 4.01. The highest BCUT2D eigenvalue weighted by Gasteiger charge is 2.20. The van der Waals surface area contributed by atoms with Crippen molar-refractivity contribution in [1.82, 2.24) is 5.32 Å². The minimum absolute atomic E-state index is 0.506. The first-order chi connectivity index (χ1) is 10.9. The number of para-hydroxylation sites is 1. The van der Waals surface area contributed by atoms with Gasteiger partial charge in [0.25, 0.3) is 0 Å². The van der Waals surface area contributed by atoms with E-state index in [9.17, 15) is 0 Å². The van der Waals surface area contributed by atoms with Crippen LogP contribution in [-0.2, 0) is 13.0 Å². The molecule has 2 aromatic rings. The van der Waals surface area contributed by atoms with Crippen molar-refractivity contribution in [1.29, 1.82) is 0 Å². The van der Waals surface area contributed by atoms with Crippen LogP contribution in [0.25, 0.3) is 0 Å². The molecule has 0 fully saturated rings. The van der Waals surface area contributed by atoms with Gasteiger partial charge in [-0.2, -0.15) is 0 Å². The average molecular weight is 294 g/mol. The van der Waals surface area contributed by atoms with E-state index < -0.39 is 0 Å². The largest absolute Gasteiger partial charge is 0.370 e. The molecule has 0 saturated carbocycles. The monoisotopic (exact) mass is 294 g/mol. The molecule has 1 heterocycles. The van der Waals surface area contributed by atoms with Gasteiger partial charge < -0.3 is 10.2 Å². The molecular weight excluding hydrogens is 268 g/mol. The van der Waals surface area contributed by atoms with Gasteiger partial charge >= 0.3 is 0 Å². The normalized spacial score (nSPS) is 17.9. The quantitative estimate of drug-likeness (QED) is 0.896. The van der Waals surface area contributed by atoms with E-state index in [0.717, 1.165) is 26.1 Å². The van der Waals surface area contributed by atoms with Gasteiger partial charge in [-0.15, -0.1) is 0 Å². The van der Waals surface area contributed by atoms with Crippen LogP contribution in [0.4, 0.5) is 5.69 Å². The van der Waals surface area contributed by atoms with E-state index >= 15 is 0 Å². The Labute approximate surface area is 134 Å². The van der Waals surface area contributed by atoms with Crippen molar-refractivity contribution in [2.75, 3.05) is 18.0 Å². The number of nitrogens with zero attached hydrogens (tertiary/aromatic N) is 1. The zero-order chi connectivity index (χ0) is 15.2. The minimum atomic E-state index is 0.506. The lowest BCUT2D eigenvalue weighted by Gasteiger charge is -2.27. The Morgan fingerprint density at radius 1 is 1.05 bits per heavy atom. The van der Waals surface area contributed by atoms with Crippen LogP contribution in [0.3, 0.4) is 0 Å². The summed E-state index contributed by atoms with van der Waals surface area (Å²) in [7, 11) is 0. The van der Waals surface area contributed by atoms with E-state index in [4.69, 9.17) is 0 Å². The van der Waals surface area contributed by atoms with E-state index in [1.54, 1.807) is 0 Å². The molecule has 116 valence electrons. The summed E-state index contributed by atoms with van der Waals surface area (Å²) in [4.78, 5) is 2.58. The van der Waals surface area contributed by atoms with Crippen LogP contribution >= 0.6 is 0 Å². The molecule has 1 atom stereocenters. The topological polar surface area (TPSA) is 15.3 Å². The van der Waals surface area contributed by atoms with Crippen LogP contribution < -0.4 is 10.2 Å². The molecule has 0 spiro atoms. The van der Waals surface area contributed by atoms with Gasteiger partial charge in [0.2, 0.25) is 0 Å². The maximum absolute atomic E-state index is 3.75. The van der Waals surface area contributed by atoms with Crippen LogP contribution in [0.2, 0.25) is 0 Å². The van der Waals surface area contributed by atoms with Crippen LogP contribution in [0.15, 0.2) is 54.6 Å². The van der Waals surface area contributed by atoms with Gasteiger partial charge in [-0.3, -0.25) is 0 Å².